The van der Waals surface area contributed by atoms with Crippen LogP contribution in [-0.2, 0) is 0 Å². The van der Waals surface area contributed by atoms with Crippen LogP contribution in [0.15, 0.2) is 29.0 Å². The summed E-state index contributed by atoms with van der Waals surface area (Å²) in [5, 5.41) is 8.40. The van der Waals surface area contributed by atoms with E-state index < -0.39 is 0 Å². The van der Waals surface area contributed by atoms with Crippen LogP contribution in [0.5, 0.6) is 0 Å². The zero-order valence-electron chi connectivity index (χ0n) is 12.5. The van der Waals surface area contributed by atoms with Gasteiger partial charge < -0.3 is 5.32 Å². The largest absolute Gasteiger partial charge is 0.369 e. The Morgan fingerprint density at radius 2 is 2.19 bits per heavy atom. The number of pyridine rings is 1. The van der Waals surface area contributed by atoms with Crippen molar-refractivity contribution in [3.63, 3.8) is 0 Å². The fourth-order valence-corrected chi connectivity index (χ4v) is 3.84. The Hall–Kier alpha value is -1.36. The van der Waals surface area contributed by atoms with Crippen LogP contribution in [0.3, 0.4) is 0 Å². The second-order valence-corrected chi connectivity index (χ2v) is 6.49. The van der Waals surface area contributed by atoms with Gasteiger partial charge in [0.2, 0.25) is 0 Å². The van der Waals surface area contributed by atoms with Gasteiger partial charge in [0.1, 0.15) is 5.82 Å². The third kappa shape index (κ3) is 2.71. The van der Waals surface area contributed by atoms with Crippen LogP contribution >= 0.6 is 15.9 Å². The van der Waals surface area contributed by atoms with Crippen molar-refractivity contribution in [2.45, 2.75) is 45.1 Å². The summed E-state index contributed by atoms with van der Waals surface area (Å²) < 4.78 is 3.27. The molecule has 0 aromatic carbocycles. The number of anilines is 1. The Kier molecular flexibility index (Phi) is 4.29. The molecule has 2 atom stereocenters. The molecule has 112 valence electrons. The molecule has 1 aliphatic heterocycles. The number of hydrogen-bond donors (Lipinski definition) is 1. The quantitative estimate of drug-likeness (QED) is 0.892. The standard InChI is InChI=1S/C16H21BrN4/c1-3-4-11(2)15-14(17)16-19-10-7-13(21(16)20-15)12-5-8-18-9-6-12/h5-6,8-9,11,13,19H,3-4,7,10H2,1-2H3. The predicted molar refractivity (Wildman–Crippen MR) is 88.7 cm³/mol. The highest BCUT2D eigenvalue weighted by atomic mass is 79.9. The molecule has 0 saturated heterocycles. The van der Waals surface area contributed by atoms with Gasteiger partial charge in [-0.05, 0) is 46.5 Å². The Morgan fingerprint density at radius 1 is 1.43 bits per heavy atom. The minimum Gasteiger partial charge on any atom is -0.369 e. The van der Waals surface area contributed by atoms with Gasteiger partial charge in [0, 0.05) is 24.9 Å². The van der Waals surface area contributed by atoms with Gasteiger partial charge in [0.05, 0.1) is 16.2 Å². The first-order valence-electron chi connectivity index (χ1n) is 7.64. The normalized spacial score (nSPS) is 18.9. The summed E-state index contributed by atoms with van der Waals surface area (Å²) in [5.41, 5.74) is 2.44. The first-order chi connectivity index (χ1) is 10.2. The topological polar surface area (TPSA) is 42.7 Å². The van der Waals surface area contributed by atoms with Crippen LogP contribution in [0.25, 0.3) is 0 Å². The summed E-state index contributed by atoms with van der Waals surface area (Å²) in [6.07, 6.45) is 7.10. The summed E-state index contributed by atoms with van der Waals surface area (Å²) in [6.45, 7) is 5.45. The molecule has 1 N–H and O–H groups in total. The smallest absolute Gasteiger partial charge is 0.139 e. The number of halogens is 1. The molecule has 3 heterocycles. The van der Waals surface area contributed by atoms with Crippen molar-refractivity contribution < 1.29 is 0 Å². The van der Waals surface area contributed by atoms with Crippen molar-refractivity contribution in [2.75, 3.05) is 11.9 Å². The van der Waals surface area contributed by atoms with E-state index in [-0.39, 0.29) is 0 Å². The lowest BCUT2D eigenvalue weighted by Gasteiger charge is -2.26. The van der Waals surface area contributed by atoms with Crippen LogP contribution in [0.4, 0.5) is 5.82 Å². The lowest BCUT2D eigenvalue weighted by atomic mass is 10.0. The molecule has 4 nitrogen and oxygen atoms in total. The van der Waals surface area contributed by atoms with E-state index in [1.807, 2.05) is 12.4 Å². The summed E-state index contributed by atoms with van der Waals surface area (Å²) in [5.74, 6) is 1.59. The molecular formula is C16H21BrN4. The number of hydrogen-bond acceptors (Lipinski definition) is 3. The molecule has 0 fully saturated rings. The summed E-state index contributed by atoms with van der Waals surface area (Å²) in [4.78, 5) is 4.12. The highest BCUT2D eigenvalue weighted by Gasteiger charge is 2.28. The molecule has 0 amide bonds. The Labute approximate surface area is 134 Å². The third-order valence-electron chi connectivity index (χ3n) is 4.16. The zero-order chi connectivity index (χ0) is 14.8. The molecule has 3 rings (SSSR count). The van der Waals surface area contributed by atoms with Crippen molar-refractivity contribution in [1.29, 1.82) is 0 Å². The molecule has 0 radical (unpaired) electrons. The number of fused-ring (bicyclic) bond motifs is 1. The van der Waals surface area contributed by atoms with Gasteiger partial charge in [-0.3, -0.25) is 4.98 Å². The maximum atomic E-state index is 4.91. The Bertz CT molecular complexity index is 608. The van der Waals surface area contributed by atoms with Crippen molar-refractivity contribution in [3.05, 3.63) is 40.3 Å². The second kappa shape index (κ2) is 6.18. The monoisotopic (exact) mass is 348 g/mol. The molecular weight excluding hydrogens is 328 g/mol. The van der Waals surface area contributed by atoms with Crippen LogP contribution in [0.2, 0.25) is 0 Å². The average molecular weight is 349 g/mol. The molecule has 2 unspecified atom stereocenters. The van der Waals surface area contributed by atoms with Gasteiger partial charge in [-0.1, -0.05) is 20.3 Å². The van der Waals surface area contributed by atoms with E-state index in [0.29, 0.717) is 12.0 Å². The summed E-state index contributed by atoms with van der Waals surface area (Å²) in [6, 6.07) is 4.47. The Balaban J connectivity index is 2.00. The fraction of sp³-hybridized carbons (Fsp3) is 0.500. The van der Waals surface area contributed by atoms with Gasteiger partial charge in [0.25, 0.3) is 0 Å². The number of aromatic nitrogens is 3. The van der Waals surface area contributed by atoms with Gasteiger partial charge in [-0.2, -0.15) is 5.10 Å². The molecule has 0 aliphatic carbocycles. The maximum absolute atomic E-state index is 4.91. The first kappa shape index (κ1) is 14.6. The number of nitrogens with one attached hydrogen (secondary N) is 1. The molecule has 0 spiro atoms. The van der Waals surface area contributed by atoms with Gasteiger partial charge in [0.15, 0.2) is 0 Å². The molecule has 2 aromatic rings. The van der Waals surface area contributed by atoms with Crippen LogP contribution in [0, 0.1) is 0 Å². The van der Waals surface area contributed by atoms with E-state index in [1.54, 1.807) is 0 Å². The molecule has 21 heavy (non-hydrogen) atoms. The molecule has 0 bridgehead atoms. The van der Waals surface area contributed by atoms with Crippen LogP contribution < -0.4 is 5.32 Å². The minimum atomic E-state index is 0.295. The highest BCUT2D eigenvalue weighted by molar-refractivity contribution is 9.10. The summed E-state index contributed by atoms with van der Waals surface area (Å²) >= 11 is 3.75. The van der Waals surface area contributed by atoms with E-state index in [9.17, 15) is 0 Å². The van der Waals surface area contributed by atoms with Crippen molar-refractivity contribution in [1.82, 2.24) is 14.8 Å². The molecule has 1 aliphatic rings. The third-order valence-corrected chi connectivity index (χ3v) is 4.94. The lowest BCUT2D eigenvalue weighted by molar-refractivity contribution is 0.472. The van der Waals surface area contributed by atoms with E-state index in [1.165, 1.54) is 17.7 Å². The highest BCUT2D eigenvalue weighted by Crippen LogP contribution is 2.39. The van der Waals surface area contributed by atoms with Crippen molar-refractivity contribution in [3.8, 4) is 0 Å². The summed E-state index contributed by atoms with van der Waals surface area (Å²) in [7, 11) is 0. The van der Waals surface area contributed by atoms with Crippen LogP contribution in [0.1, 0.15) is 56.3 Å². The minimum absolute atomic E-state index is 0.295. The van der Waals surface area contributed by atoms with Crippen LogP contribution in [-0.4, -0.2) is 21.3 Å². The SMILES string of the molecule is CCCC(C)c1nn2c(c1Br)NCCC2c1ccncc1. The lowest BCUT2D eigenvalue weighted by Crippen LogP contribution is -2.24. The maximum Gasteiger partial charge on any atom is 0.139 e. The molecule has 0 saturated carbocycles. The zero-order valence-corrected chi connectivity index (χ0v) is 14.1. The van der Waals surface area contributed by atoms with Gasteiger partial charge >= 0.3 is 0 Å². The van der Waals surface area contributed by atoms with Gasteiger partial charge in [-0.15, -0.1) is 0 Å². The van der Waals surface area contributed by atoms with E-state index in [2.05, 4.69) is 56.9 Å². The van der Waals surface area contributed by atoms with E-state index >= 15 is 0 Å². The van der Waals surface area contributed by atoms with E-state index in [4.69, 9.17) is 5.10 Å². The van der Waals surface area contributed by atoms with Crippen molar-refractivity contribution in [2.24, 2.45) is 0 Å². The second-order valence-electron chi connectivity index (χ2n) is 5.69. The van der Waals surface area contributed by atoms with Crippen molar-refractivity contribution >= 4 is 21.7 Å². The molecule has 2 aromatic heterocycles. The average Bonchev–Trinajstić information content (AvgIpc) is 2.86. The fourth-order valence-electron chi connectivity index (χ4n) is 3.04. The first-order valence-corrected chi connectivity index (χ1v) is 8.43. The van der Waals surface area contributed by atoms with Gasteiger partial charge in [-0.25, -0.2) is 4.68 Å². The number of rotatable bonds is 4. The Morgan fingerprint density at radius 3 is 2.90 bits per heavy atom. The number of nitrogens with zero attached hydrogens (tertiary/aromatic N) is 3. The van der Waals surface area contributed by atoms with E-state index in [0.717, 1.165) is 29.7 Å². The predicted octanol–water partition coefficient (Wildman–Crippen LogP) is 4.35. The molecule has 5 heteroatoms.